The lowest BCUT2D eigenvalue weighted by Crippen LogP contribution is -2.35. The standard InChI is InChI=1S/C25H34N6O6S/c1-15(2)37-22(23-26-12-16(3)13-27-23)17(4)38(32,33)30-25-29-28-24(18-10-11-36-14-18)31(25)21-19(34-5)8-7-9-20(21)35-6/h7-9,12-13,15,17-18,22H,10-11,14H2,1-6H3,(H,29,30)/t17?,18-,22?/m1/s1. The third-order valence-corrected chi connectivity index (χ3v) is 7.93. The molecule has 3 aromatic rings. The van der Waals surface area contributed by atoms with Crippen LogP contribution in [-0.2, 0) is 19.5 Å². The Hall–Kier alpha value is -3.29. The first-order valence-corrected chi connectivity index (χ1v) is 13.9. The molecule has 1 fully saturated rings. The van der Waals surface area contributed by atoms with Crippen molar-refractivity contribution in [2.24, 2.45) is 0 Å². The van der Waals surface area contributed by atoms with E-state index in [1.54, 1.807) is 42.1 Å². The summed E-state index contributed by atoms with van der Waals surface area (Å²) in [4.78, 5) is 8.66. The van der Waals surface area contributed by atoms with Crippen LogP contribution in [0.1, 0.15) is 56.4 Å². The Morgan fingerprint density at radius 3 is 2.29 bits per heavy atom. The molecule has 0 amide bonds. The summed E-state index contributed by atoms with van der Waals surface area (Å²) in [5.74, 6) is 1.64. The molecule has 3 heterocycles. The molecule has 2 aromatic heterocycles. The molecular weight excluding hydrogens is 512 g/mol. The van der Waals surface area contributed by atoms with Crippen molar-refractivity contribution >= 4 is 16.0 Å². The summed E-state index contributed by atoms with van der Waals surface area (Å²) in [6.45, 7) is 8.07. The molecular formula is C25H34N6O6S. The average Bonchev–Trinajstić information content (AvgIpc) is 3.56. The summed E-state index contributed by atoms with van der Waals surface area (Å²) >= 11 is 0. The van der Waals surface area contributed by atoms with E-state index in [-0.39, 0.29) is 23.8 Å². The van der Waals surface area contributed by atoms with Crippen LogP contribution in [0, 0.1) is 6.92 Å². The SMILES string of the molecule is COc1cccc(OC)c1-n1c(NS(=O)(=O)C(C)C(OC(C)C)c2ncc(C)cn2)nnc1[C@@H]1CCOC1. The zero-order chi connectivity index (χ0) is 27.4. The molecule has 1 aliphatic rings. The fourth-order valence-corrected chi connectivity index (χ4v) is 5.33. The highest BCUT2D eigenvalue weighted by Crippen LogP contribution is 2.38. The van der Waals surface area contributed by atoms with Gasteiger partial charge in [-0.05, 0) is 51.8 Å². The zero-order valence-electron chi connectivity index (χ0n) is 22.4. The van der Waals surface area contributed by atoms with Crippen molar-refractivity contribution in [3.8, 4) is 17.2 Å². The number of ether oxygens (including phenoxy) is 4. The molecule has 0 bridgehead atoms. The Kier molecular flexibility index (Phi) is 8.48. The van der Waals surface area contributed by atoms with Gasteiger partial charge < -0.3 is 18.9 Å². The molecule has 0 radical (unpaired) electrons. The highest BCUT2D eigenvalue weighted by Gasteiger charge is 2.37. The molecule has 38 heavy (non-hydrogen) atoms. The normalized spacial score (nSPS) is 17.4. The number of hydrogen-bond acceptors (Lipinski definition) is 10. The molecule has 1 N–H and O–H groups in total. The Morgan fingerprint density at radius 1 is 1.08 bits per heavy atom. The number of nitrogens with one attached hydrogen (secondary N) is 1. The maximum Gasteiger partial charge on any atom is 0.243 e. The van der Waals surface area contributed by atoms with Crippen LogP contribution in [0.25, 0.3) is 5.69 Å². The lowest BCUT2D eigenvalue weighted by molar-refractivity contribution is 0.00152. The van der Waals surface area contributed by atoms with Gasteiger partial charge in [-0.25, -0.2) is 18.4 Å². The summed E-state index contributed by atoms with van der Waals surface area (Å²) in [5, 5.41) is 7.54. The molecule has 4 rings (SSSR count). The fraction of sp³-hybridized carbons (Fsp3) is 0.520. The zero-order valence-corrected chi connectivity index (χ0v) is 23.2. The Labute approximate surface area is 222 Å². The van der Waals surface area contributed by atoms with Crippen LogP contribution in [0.2, 0.25) is 0 Å². The first-order chi connectivity index (χ1) is 18.2. The van der Waals surface area contributed by atoms with Crippen molar-refractivity contribution in [1.82, 2.24) is 24.7 Å². The van der Waals surface area contributed by atoms with Gasteiger partial charge in [0.25, 0.3) is 0 Å². The largest absolute Gasteiger partial charge is 0.494 e. The number of sulfonamides is 1. The third kappa shape index (κ3) is 5.74. The monoisotopic (exact) mass is 546 g/mol. The summed E-state index contributed by atoms with van der Waals surface area (Å²) in [6, 6.07) is 5.30. The fourth-order valence-electron chi connectivity index (χ4n) is 4.24. The second kappa shape index (κ2) is 11.6. The van der Waals surface area contributed by atoms with Crippen LogP contribution >= 0.6 is 0 Å². The molecule has 13 heteroatoms. The van der Waals surface area contributed by atoms with Crippen molar-refractivity contribution in [1.29, 1.82) is 0 Å². The van der Waals surface area contributed by atoms with Gasteiger partial charge in [0, 0.05) is 24.9 Å². The topological polar surface area (TPSA) is 140 Å². The van der Waals surface area contributed by atoms with E-state index in [4.69, 9.17) is 18.9 Å². The van der Waals surface area contributed by atoms with Crippen molar-refractivity contribution in [2.75, 3.05) is 32.2 Å². The number of rotatable bonds is 11. The van der Waals surface area contributed by atoms with E-state index in [9.17, 15) is 8.42 Å². The van der Waals surface area contributed by atoms with Crippen LogP contribution in [0.3, 0.4) is 0 Å². The van der Waals surface area contributed by atoms with E-state index in [1.165, 1.54) is 14.2 Å². The van der Waals surface area contributed by atoms with Gasteiger partial charge in [-0.2, -0.15) is 0 Å². The molecule has 0 aliphatic carbocycles. The molecule has 206 valence electrons. The van der Waals surface area contributed by atoms with Crippen LogP contribution in [0.5, 0.6) is 11.5 Å². The first-order valence-electron chi connectivity index (χ1n) is 12.4. The molecule has 0 spiro atoms. The van der Waals surface area contributed by atoms with Gasteiger partial charge in [0.05, 0.1) is 26.9 Å². The predicted octanol–water partition coefficient (Wildman–Crippen LogP) is 3.18. The second-order valence-electron chi connectivity index (χ2n) is 9.37. The Morgan fingerprint density at radius 2 is 1.74 bits per heavy atom. The highest BCUT2D eigenvalue weighted by molar-refractivity contribution is 7.93. The predicted molar refractivity (Wildman–Crippen MR) is 140 cm³/mol. The Bertz CT molecular complexity index is 1320. The highest BCUT2D eigenvalue weighted by atomic mass is 32.2. The number of hydrogen-bond donors (Lipinski definition) is 1. The molecule has 1 aliphatic heterocycles. The minimum atomic E-state index is -4.09. The van der Waals surface area contributed by atoms with Gasteiger partial charge in [0.2, 0.25) is 16.0 Å². The van der Waals surface area contributed by atoms with E-state index < -0.39 is 21.4 Å². The second-order valence-corrected chi connectivity index (χ2v) is 11.4. The molecule has 0 saturated carbocycles. The lowest BCUT2D eigenvalue weighted by atomic mass is 10.1. The number of para-hydroxylation sites is 1. The molecule has 12 nitrogen and oxygen atoms in total. The van der Waals surface area contributed by atoms with E-state index in [0.717, 1.165) is 5.56 Å². The number of aromatic nitrogens is 5. The maximum atomic E-state index is 13.8. The molecule has 1 saturated heterocycles. The van der Waals surface area contributed by atoms with Crippen LogP contribution in [0.4, 0.5) is 5.95 Å². The molecule has 1 aromatic carbocycles. The average molecular weight is 547 g/mol. The minimum Gasteiger partial charge on any atom is -0.494 e. The summed E-state index contributed by atoms with van der Waals surface area (Å²) in [7, 11) is -1.03. The van der Waals surface area contributed by atoms with Gasteiger partial charge in [0.1, 0.15) is 34.4 Å². The van der Waals surface area contributed by atoms with Crippen molar-refractivity contribution in [3.63, 3.8) is 0 Å². The Balaban J connectivity index is 1.78. The number of nitrogens with zero attached hydrogens (tertiary/aromatic N) is 5. The number of benzene rings is 1. The summed E-state index contributed by atoms with van der Waals surface area (Å²) in [6.07, 6.45) is 2.79. The van der Waals surface area contributed by atoms with Crippen LogP contribution in [0.15, 0.2) is 30.6 Å². The van der Waals surface area contributed by atoms with Crippen molar-refractivity contribution in [2.45, 2.75) is 57.5 Å². The van der Waals surface area contributed by atoms with Crippen LogP contribution < -0.4 is 14.2 Å². The van der Waals surface area contributed by atoms with Crippen molar-refractivity contribution < 1.29 is 27.4 Å². The van der Waals surface area contributed by atoms with E-state index in [1.807, 2.05) is 20.8 Å². The summed E-state index contributed by atoms with van der Waals surface area (Å²) < 4.78 is 54.6. The van der Waals surface area contributed by atoms with Gasteiger partial charge in [-0.15, -0.1) is 10.2 Å². The van der Waals surface area contributed by atoms with Crippen LogP contribution in [-0.4, -0.2) is 71.9 Å². The maximum absolute atomic E-state index is 13.8. The van der Waals surface area contributed by atoms with E-state index in [0.29, 0.717) is 42.6 Å². The smallest absolute Gasteiger partial charge is 0.243 e. The quantitative estimate of drug-likeness (QED) is 0.381. The lowest BCUT2D eigenvalue weighted by Gasteiger charge is -2.25. The number of methoxy groups -OCH3 is 2. The van der Waals surface area contributed by atoms with E-state index in [2.05, 4.69) is 24.9 Å². The van der Waals surface area contributed by atoms with Crippen molar-refractivity contribution in [3.05, 3.63) is 47.8 Å². The summed E-state index contributed by atoms with van der Waals surface area (Å²) in [5.41, 5.74) is 1.33. The minimum absolute atomic E-state index is 0.00493. The van der Waals surface area contributed by atoms with Gasteiger partial charge in [-0.1, -0.05) is 6.07 Å². The van der Waals surface area contributed by atoms with Gasteiger partial charge >= 0.3 is 0 Å². The number of anilines is 1. The number of aryl methyl sites for hydroxylation is 1. The first kappa shape index (κ1) is 27.7. The third-order valence-electron chi connectivity index (χ3n) is 6.23. The molecule has 2 unspecified atom stereocenters. The van der Waals surface area contributed by atoms with Gasteiger partial charge in [-0.3, -0.25) is 9.29 Å². The van der Waals surface area contributed by atoms with E-state index >= 15 is 0 Å². The van der Waals surface area contributed by atoms with Gasteiger partial charge in [0.15, 0.2) is 5.82 Å². The molecule has 3 atom stereocenters.